The summed E-state index contributed by atoms with van der Waals surface area (Å²) in [6.45, 7) is 2.89. The van der Waals surface area contributed by atoms with E-state index in [0.717, 1.165) is 52.1 Å². The van der Waals surface area contributed by atoms with Crippen LogP contribution < -0.4 is 10.2 Å². The van der Waals surface area contributed by atoms with E-state index in [1.54, 1.807) is 6.21 Å². The van der Waals surface area contributed by atoms with E-state index in [1.165, 1.54) is 0 Å². The molecule has 0 saturated carbocycles. The van der Waals surface area contributed by atoms with Crippen molar-refractivity contribution in [3.8, 4) is 28.4 Å². The van der Waals surface area contributed by atoms with Crippen LogP contribution in [-0.4, -0.2) is 22.8 Å². The monoisotopic (exact) mass is 500 g/mol. The van der Waals surface area contributed by atoms with Gasteiger partial charge in [-0.1, -0.05) is 71.7 Å². The molecule has 0 saturated heterocycles. The third-order valence-corrected chi connectivity index (χ3v) is 5.47. The number of hydrogen-bond acceptors (Lipinski definition) is 5. The SMILES string of the molecule is CCCCOc1ccc(/C=N/Nc2cc(-c3ccccc3)nc(-c3ccc(Br)cc3)n2)cc1. The topological polar surface area (TPSA) is 59.4 Å². The minimum atomic E-state index is 0.623. The van der Waals surface area contributed by atoms with E-state index in [-0.39, 0.29) is 0 Å². The van der Waals surface area contributed by atoms with E-state index in [2.05, 4.69) is 38.4 Å². The van der Waals surface area contributed by atoms with Crippen molar-refractivity contribution in [2.75, 3.05) is 12.0 Å². The summed E-state index contributed by atoms with van der Waals surface area (Å²) in [5.74, 6) is 2.13. The number of hydrazone groups is 1. The molecule has 0 aliphatic rings. The molecular formula is C27H25BrN4O. The highest BCUT2D eigenvalue weighted by molar-refractivity contribution is 9.10. The van der Waals surface area contributed by atoms with Crippen molar-refractivity contribution < 1.29 is 4.74 Å². The van der Waals surface area contributed by atoms with Gasteiger partial charge in [-0.25, -0.2) is 9.97 Å². The fourth-order valence-corrected chi connectivity index (χ4v) is 3.41. The second-order valence-electron chi connectivity index (χ2n) is 7.48. The number of anilines is 1. The Morgan fingerprint density at radius 1 is 0.909 bits per heavy atom. The third-order valence-electron chi connectivity index (χ3n) is 4.94. The first-order valence-corrected chi connectivity index (χ1v) is 11.7. The van der Waals surface area contributed by atoms with Crippen molar-refractivity contribution in [3.63, 3.8) is 0 Å². The van der Waals surface area contributed by atoms with Gasteiger partial charge in [0.25, 0.3) is 0 Å². The summed E-state index contributed by atoms with van der Waals surface area (Å²) in [6, 6.07) is 27.8. The van der Waals surface area contributed by atoms with Gasteiger partial charge in [0.1, 0.15) is 5.75 Å². The quantitative estimate of drug-likeness (QED) is 0.150. The minimum Gasteiger partial charge on any atom is -0.494 e. The zero-order valence-electron chi connectivity index (χ0n) is 18.4. The van der Waals surface area contributed by atoms with Crippen molar-refractivity contribution in [3.05, 3.63) is 95.0 Å². The Kier molecular flexibility index (Phi) is 7.82. The Balaban J connectivity index is 1.54. The highest BCUT2D eigenvalue weighted by Crippen LogP contribution is 2.25. The standard InChI is InChI=1S/C27H25BrN4O/c1-2-3-17-33-24-15-9-20(10-16-24)19-29-32-26-18-25(21-7-5-4-6-8-21)30-27(31-26)22-11-13-23(28)14-12-22/h4-16,18-19H,2-3,17H2,1H3,(H,30,31,32)/b29-19+. The third kappa shape index (κ3) is 6.49. The first-order chi connectivity index (χ1) is 16.2. The zero-order valence-corrected chi connectivity index (χ0v) is 20.0. The van der Waals surface area contributed by atoms with Gasteiger partial charge in [0.2, 0.25) is 0 Å². The number of benzene rings is 3. The predicted octanol–water partition coefficient (Wildman–Crippen LogP) is 7.20. The lowest BCUT2D eigenvalue weighted by Crippen LogP contribution is -1.99. The Morgan fingerprint density at radius 3 is 2.39 bits per heavy atom. The first kappa shape index (κ1) is 22.7. The van der Waals surface area contributed by atoms with E-state index in [1.807, 2.05) is 84.9 Å². The predicted molar refractivity (Wildman–Crippen MR) is 139 cm³/mol. The Labute approximate surface area is 202 Å². The smallest absolute Gasteiger partial charge is 0.162 e. The largest absolute Gasteiger partial charge is 0.494 e. The molecule has 0 atom stereocenters. The van der Waals surface area contributed by atoms with Gasteiger partial charge in [-0.3, -0.25) is 5.43 Å². The molecule has 1 aromatic heterocycles. The molecule has 0 spiro atoms. The van der Waals surface area contributed by atoms with E-state index >= 15 is 0 Å². The molecule has 0 fully saturated rings. The molecule has 33 heavy (non-hydrogen) atoms. The van der Waals surface area contributed by atoms with Crippen LogP contribution in [0.3, 0.4) is 0 Å². The fraction of sp³-hybridized carbons (Fsp3) is 0.148. The van der Waals surface area contributed by atoms with E-state index < -0.39 is 0 Å². The van der Waals surface area contributed by atoms with Gasteiger partial charge in [-0.15, -0.1) is 0 Å². The molecule has 0 bridgehead atoms. The maximum absolute atomic E-state index is 5.71. The molecule has 166 valence electrons. The van der Waals surface area contributed by atoms with Crippen LogP contribution in [0, 0.1) is 0 Å². The first-order valence-electron chi connectivity index (χ1n) is 10.9. The molecule has 1 heterocycles. The number of nitrogens with zero attached hydrogens (tertiary/aromatic N) is 3. The normalized spacial score (nSPS) is 11.0. The summed E-state index contributed by atoms with van der Waals surface area (Å²) in [6.07, 6.45) is 3.94. The number of aromatic nitrogens is 2. The number of rotatable bonds is 9. The average molecular weight is 501 g/mol. The maximum Gasteiger partial charge on any atom is 0.162 e. The molecule has 4 aromatic rings. The van der Waals surface area contributed by atoms with Gasteiger partial charge in [0.05, 0.1) is 18.5 Å². The van der Waals surface area contributed by atoms with Crippen LogP contribution in [0.5, 0.6) is 5.75 Å². The lowest BCUT2D eigenvalue weighted by Gasteiger charge is -2.08. The van der Waals surface area contributed by atoms with Crippen LogP contribution in [0.25, 0.3) is 22.6 Å². The zero-order chi connectivity index (χ0) is 22.9. The molecule has 0 aliphatic carbocycles. The van der Waals surface area contributed by atoms with Gasteiger partial charge in [-0.05, 0) is 48.4 Å². The summed E-state index contributed by atoms with van der Waals surface area (Å²) < 4.78 is 6.72. The summed E-state index contributed by atoms with van der Waals surface area (Å²) >= 11 is 3.48. The number of unbranched alkanes of at least 4 members (excludes halogenated alkanes) is 1. The van der Waals surface area contributed by atoms with Gasteiger partial charge in [0.15, 0.2) is 11.6 Å². The van der Waals surface area contributed by atoms with E-state index in [9.17, 15) is 0 Å². The number of hydrogen-bond donors (Lipinski definition) is 1. The molecular weight excluding hydrogens is 476 g/mol. The second-order valence-corrected chi connectivity index (χ2v) is 8.39. The Hall–Kier alpha value is -3.51. The number of nitrogens with one attached hydrogen (secondary N) is 1. The second kappa shape index (κ2) is 11.4. The lowest BCUT2D eigenvalue weighted by atomic mass is 10.1. The molecule has 0 unspecified atom stereocenters. The van der Waals surface area contributed by atoms with Crippen molar-refractivity contribution in [1.29, 1.82) is 0 Å². The molecule has 1 N–H and O–H groups in total. The highest BCUT2D eigenvalue weighted by atomic mass is 79.9. The van der Waals surface area contributed by atoms with Crippen LogP contribution >= 0.6 is 15.9 Å². The average Bonchev–Trinajstić information content (AvgIpc) is 2.86. The fourth-order valence-electron chi connectivity index (χ4n) is 3.15. The van der Waals surface area contributed by atoms with Crippen molar-refractivity contribution in [2.45, 2.75) is 19.8 Å². The summed E-state index contributed by atoms with van der Waals surface area (Å²) in [5, 5.41) is 4.39. The van der Waals surface area contributed by atoms with Crippen LogP contribution in [0.15, 0.2) is 94.5 Å². The van der Waals surface area contributed by atoms with Crippen molar-refractivity contribution in [1.82, 2.24) is 9.97 Å². The van der Waals surface area contributed by atoms with Gasteiger partial charge in [-0.2, -0.15) is 5.10 Å². The van der Waals surface area contributed by atoms with Gasteiger partial charge < -0.3 is 4.74 Å². The maximum atomic E-state index is 5.71. The molecule has 6 heteroatoms. The molecule has 3 aromatic carbocycles. The summed E-state index contributed by atoms with van der Waals surface area (Å²) in [7, 11) is 0. The van der Waals surface area contributed by atoms with Crippen LogP contribution in [0.2, 0.25) is 0 Å². The summed E-state index contributed by atoms with van der Waals surface area (Å²) in [4.78, 5) is 9.45. The molecule has 4 rings (SSSR count). The van der Waals surface area contributed by atoms with Crippen LogP contribution in [0.1, 0.15) is 25.3 Å². The van der Waals surface area contributed by atoms with Crippen molar-refractivity contribution >= 4 is 28.0 Å². The van der Waals surface area contributed by atoms with E-state index in [4.69, 9.17) is 9.72 Å². The van der Waals surface area contributed by atoms with Gasteiger partial charge in [0, 0.05) is 21.7 Å². The number of ether oxygens (including phenoxy) is 1. The summed E-state index contributed by atoms with van der Waals surface area (Å²) in [5.41, 5.74) is 6.81. The highest BCUT2D eigenvalue weighted by Gasteiger charge is 2.08. The van der Waals surface area contributed by atoms with Crippen LogP contribution in [-0.2, 0) is 0 Å². The minimum absolute atomic E-state index is 0.623. The van der Waals surface area contributed by atoms with Gasteiger partial charge >= 0.3 is 0 Å². The molecule has 0 radical (unpaired) electrons. The van der Waals surface area contributed by atoms with E-state index in [0.29, 0.717) is 11.6 Å². The molecule has 0 amide bonds. The van der Waals surface area contributed by atoms with Crippen LogP contribution in [0.4, 0.5) is 5.82 Å². The van der Waals surface area contributed by atoms with Crippen molar-refractivity contribution in [2.24, 2.45) is 5.10 Å². The number of halogens is 1. The molecule has 0 aliphatic heterocycles. The lowest BCUT2D eigenvalue weighted by molar-refractivity contribution is 0.309. The Bertz CT molecular complexity index is 1190. The molecule has 5 nitrogen and oxygen atoms in total. The Morgan fingerprint density at radius 2 is 1.67 bits per heavy atom.